The maximum Gasteiger partial charge on any atom is 0.460 e. The quantitative estimate of drug-likeness (QED) is 0.0876. The van der Waals surface area contributed by atoms with Crippen molar-refractivity contribution in [3.05, 3.63) is 52.1 Å². The topological polar surface area (TPSA) is 124 Å². The van der Waals surface area contributed by atoms with Gasteiger partial charge in [-0.3, -0.25) is 14.9 Å². The van der Waals surface area contributed by atoms with Gasteiger partial charge >= 0.3 is 65.6 Å². The lowest BCUT2D eigenvalue weighted by molar-refractivity contribution is -0.449. The van der Waals surface area contributed by atoms with Crippen molar-refractivity contribution in [2.24, 2.45) is 10.2 Å². The van der Waals surface area contributed by atoms with Crippen molar-refractivity contribution in [3.8, 4) is 6.07 Å². The number of halogens is 22. The number of nitrogens with zero attached hydrogens (tertiary/aromatic N) is 5. The summed E-state index contributed by atoms with van der Waals surface area (Å²) in [5, 5.41) is 26.9. The number of hydrogen-bond donors (Lipinski definition) is 1. The van der Waals surface area contributed by atoms with E-state index in [9.17, 15) is 117 Å². The van der Waals surface area contributed by atoms with E-state index in [-0.39, 0.29) is 24.1 Å². The van der Waals surface area contributed by atoms with Crippen LogP contribution in [0.3, 0.4) is 0 Å². The number of nitriles is 1. The van der Waals surface area contributed by atoms with Crippen molar-refractivity contribution < 1.29 is 106 Å². The molecule has 0 unspecified atom stereocenters. The average Bonchev–Trinajstić information content (AvgIpc) is 3.05. The molecule has 2 aromatic rings. The molecular formula is C26H12F22N6O3. The van der Waals surface area contributed by atoms with Crippen molar-refractivity contribution in [3.63, 3.8) is 0 Å². The van der Waals surface area contributed by atoms with E-state index >= 15 is 0 Å². The average molecular weight is 874 g/mol. The van der Waals surface area contributed by atoms with E-state index in [1.54, 1.807) is 0 Å². The molecule has 0 heterocycles. The van der Waals surface area contributed by atoms with Crippen molar-refractivity contribution in [2.45, 2.75) is 59.7 Å². The highest BCUT2D eigenvalue weighted by Gasteiger charge is 2.94. The predicted molar refractivity (Wildman–Crippen MR) is 142 cm³/mol. The summed E-state index contributed by atoms with van der Waals surface area (Å²) < 4.78 is 297. The number of alkyl halides is 22. The summed E-state index contributed by atoms with van der Waals surface area (Å²) in [6.07, 6.45) is -14.9. The Morgan fingerprint density at radius 2 is 1.12 bits per heavy atom. The zero-order valence-electron chi connectivity index (χ0n) is 26.4. The second-order valence-corrected chi connectivity index (χ2v) is 11.0. The Bertz CT molecular complexity index is 1940. The fraction of sp³-hybridized carbons (Fsp3) is 0.462. The van der Waals surface area contributed by atoms with Gasteiger partial charge in [0.15, 0.2) is 0 Å². The molecule has 318 valence electrons. The number of nitro groups is 1. The Kier molecular flexibility index (Phi) is 12.2. The van der Waals surface area contributed by atoms with Crippen LogP contribution in [0, 0.1) is 21.4 Å². The highest BCUT2D eigenvalue weighted by Crippen LogP contribution is 2.62. The molecule has 0 aliphatic heterocycles. The van der Waals surface area contributed by atoms with E-state index in [4.69, 9.17) is 0 Å². The standard InChI is InChI=1S/C26H12F22N6O3/c1-53(9-17(27,28)19(31,32)25(43,44)45)11-2-5-14(52-51-13-4-3-12(54(56)57)6-10(13)8-49)15(7-11)50-16(55)18(29,30)20(33,34)21(35,36)22(37,38)23(39,40)24(41,42)26(46,47)48/h2-7H,9H2,1H3,(H,50,55). The van der Waals surface area contributed by atoms with Crippen molar-refractivity contribution in [1.82, 2.24) is 0 Å². The van der Waals surface area contributed by atoms with E-state index in [1.807, 2.05) is 0 Å². The summed E-state index contributed by atoms with van der Waals surface area (Å²) in [5.74, 6) is -67.7. The van der Waals surface area contributed by atoms with Crippen LogP contribution in [-0.4, -0.2) is 84.2 Å². The summed E-state index contributed by atoms with van der Waals surface area (Å²) in [7, 11) is 0.223. The van der Waals surface area contributed by atoms with Crippen LogP contribution in [0.1, 0.15) is 5.56 Å². The third-order valence-corrected chi connectivity index (χ3v) is 7.11. The molecule has 57 heavy (non-hydrogen) atoms. The lowest BCUT2D eigenvalue weighted by Gasteiger charge is -2.41. The number of carbonyl (C=O) groups is 1. The second kappa shape index (κ2) is 14.6. The number of carbonyl (C=O) groups excluding carboxylic acids is 1. The van der Waals surface area contributed by atoms with Gasteiger partial charge in [-0.05, 0) is 24.3 Å². The van der Waals surface area contributed by atoms with Crippen molar-refractivity contribution in [1.29, 1.82) is 5.26 Å². The molecule has 0 radical (unpaired) electrons. The van der Waals surface area contributed by atoms with Gasteiger partial charge in [-0.1, -0.05) is 0 Å². The summed E-state index contributed by atoms with van der Waals surface area (Å²) in [6.45, 7) is -2.71. The Hall–Kier alpha value is -5.34. The van der Waals surface area contributed by atoms with Gasteiger partial charge in [0.25, 0.3) is 5.69 Å². The van der Waals surface area contributed by atoms with Gasteiger partial charge in [-0.25, -0.2) is 0 Å². The lowest BCUT2D eigenvalue weighted by atomic mass is 9.90. The van der Waals surface area contributed by atoms with Crippen molar-refractivity contribution >= 4 is 34.3 Å². The van der Waals surface area contributed by atoms with E-state index in [2.05, 4.69) is 10.2 Å². The smallest absolute Gasteiger partial charge is 0.368 e. The van der Waals surface area contributed by atoms with Crippen LogP contribution >= 0.6 is 0 Å². The first-order valence-electron chi connectivity index (χ1n) is 13.6. The predicted octanol–water partition coefficient (Wildman–Crippen LogP) is 10.5. The van der Waals surface area contributed by atoms with Crippen LogP contribution in [0.25, 0.3) is 0 Å². The van der Waals surface area contributed by atoms with Crippen LogP contribution in [-0.2, 0) is 4.79 Å². The van der Waals surface area contributed by atoms with E-state index in [0.29, 0.717) is 29.6 Å². The van der Waals surface area contributed by atoms with Gasteiger partial charge in [-0.15, -0.1) is 10.2 Å². The first-order valence-corrected chi connectivity index (χ1v) is 13.6. The van der Waals surface area contributed by atoms with Gasteiger partial charge in [0.05, 0.1) is 22.7 Å². The Labute approximate surface area is 298 Å². The normalized spacial score (nSPS) is 14.4. The number of anilines is 2. The summed E-state index contributed by atoms with van der Waals surface area (Å²) >= 11 is 0. The molecule has 0 fully saturated rings. The number of hydrogen-bond acceptors (Lipinski definition) is 7. The number of non-ortho nitro benzene ring substituents is 1. The maximum atomic E-state index is 14.7. The number of nitrogens with one attached hydrogen (secondary N) is 1. The molecule has 9 nitrogen and oxygen atoms in total. The number of benzene rings is 2. The lowest BCUT2D eigenvalue weighted by Crippen LogP contribution is -2.73. The number of amides is 1. The highest BCUT2D eigenvalue weighted by molar-refractivity contribution is 5.99. The van der Waals surface area contributed by atoms with Crippen LogP contribution in [0.5, 0.6) is 0 Å². The van der Waals surface area contributed by atoms with Gasteiger partial charge in [-0.2, -0.15) is 102 Å². The first-order chi connectivity index (χ1) is 25.2. The molecule has 1 amide bonds. The summed E-state index contributed by atoms with van der Waals surface area (Å²) in [5.41, 5.74) is -6.81. The third-order valence-electron chi connectivity index (χ3n) is 7.11. The van der Waals surface area contributed by atoms with Crippen LogP contribution in [0.4, 0.5) is 125 Å². The van der Waals surface area contributed by atoms with Crippen LogP contribution in [0.15, 0.2) is 46.6 Å². The molecular weight excluding hydrogens is 862 g/mol. The zero-order valence-corrected chi connectivity index (χ0v) is 26.4. The number of azo groups is 1. The third kappa shape index (κ3) is 7.97. The molecule has 0 saturated heterocycles. The molecule has 0 aliphatic carbocycles. The number of rotatable bonds is 14. The van der Waals surface area contributed by atoms with Gasteiger partial charge in [0.2, 0.25) is 0 Å². The van der Waals surface area contributed by atoms with Gasteiger partial charge in [0.1, 0.15) is 17.4 Å². The largest absolute Gasteiger partial charge is 0.460 e. The van der Waals surface area contributed by atoms with Gasteiger partial charge in [0, 0.05) is 24.9 Å². The molecule has 2 aromatic carbocycles. The molecule has 0 bridgehead atoms. The molecule has 0 aliphatic rings. The molecule has 0 spiro atoms. The Morgan fingerprint density at radius 1 is 0.684 bits per heavy atom. The zero-order chi connectivity index (χ0) is 45.0. The van der Waals surface area contributed by atoms with Crippen LogP contribution in [0.2, 0.25) is 0 Å². The SMILES string of the molecule is CN(CC(F)(F)C(F)(F)C(F)(F)F)c1ccc(N=Nc2ccc([N+](=O)[O-])cc2C#N)c(NC(=O)C(F)(F)C(F)(F)C(F)(F)C(F)(F)C(F)(F)C(F)(F)C(F)(F)F)c1. The molecule has 2 rings (SSSR count). The molecule has 0 aromatic heterocycles. The van der Waals surface area contributed by atoms with Gasteiger partial charge < -0.3 is 10.2 Å². The fourth-order valence-corrected chi connectivity index (χ4v) is 3.88. The Balaban J connectivity index is 2.78. The molecule has 0 atom stereocenters. The first kappa shape index (κ1) is 47.8. The minimum absolute atomic E-state index is 0.173. The maximum absolute atomic E-state index is 14.7. The Morgan fingerprint density at radius 3 is 1.58 bits per heavy atom. The fourth-order valence-electron chi connectivity index (χ4n) is 3.88. The minimum Gasteiger partial charge on any atom is -0.368 e. The molecule has 0 saturated carbocycles. The summed E-state index contributed by atoms with van der Waals surface area (Å²) in [4.78, 5) is 21.8. The monoisotopic (exact) mass is 874 g/mol. The minimum atomic E-state index is -8.82. The molecule has 1 N–H and O–H groups in total. The summed E-state index contributed by atoms with van der Waals surface area (Å²) in [6, 6.07) is 3.34. The highest BCUT2D eigenvalue weighted by atomic mass is 19.4. The molecule has 31 heteroatoms. The van der Waals surface area contributed by atoms with E-state index in [0.717, 1.165) is 0 Å². The number of nitro benzene ring substituents is 1. The van der Waals surface area contributed by atoms with E-state index in [1.165, 1.54) is 6.07 Å². The second-order valence-electron chi connectivity index (χ2n) is 11.0. The van der Waals surface area contributed by atoms with Crippen molar-refractivity contribution in [2.75, 3.05) is 23.8 Å². The van der Waals surface area contributed by atoms with Crippen LogP contribution < -0.4 is 10.2 Å². The van der Waals surface area contributed by atoms with E-state index < -0.39 is 111 Å².